The molecule has 0 unspecified atom stereocenters. The van der Waals surface area contributed by atoms with Crippen molar-refractivity contribution in [1.82, 2.24) is 4.98 Å². The molecule has 0 saturated heterocycles. The van der Waals surface area contributed by atoms with Gasteiger partial charge in [0.25, 0.3) is 0 Å². The van der Waals surface area contributed by atoms with Crippen molar-refractivity contribution in [2.75, 3.05) is 32.3 Å². The van der Waals surface area contributed by atoms with Crippen LogP contribution in [0.4, 0.5) is 11.4 Å². The van der Waals surface area contributed by atoms with Gasteiger partial charge in [0.15, 0.2) is 0 Å². The van der Waals surface area contributed by atoms with Crippen LogP contribution in [0.5, 0.6) is 5.88 Å². The van der Waals surface area contributed by atoms with Crippen LogP contribution in [0.2, 0.25) is 0 Å². The summed E-state index contributed by atoms with van der Waals surface area (Å²) in [5.41, 5.74) is 13.1. The Balaban J connectivity index is 2.95. The molecule has 0 aliphatic heterocycles. The Morgan fingerprint density at radius 2 is 2.07 bits per heavy atom. The molecule has 1 rings (SSSR count). The summed E-state index contributed by atoms with van der Waals surface area (Å²) in [6.45, 7) is 0.559. The Hall–Kier alpha value is -1.49. The zero-order valence-electron chi connectivity index (χ0n) is 8.41. The SMILES string of the molecule is COCCc1nc(OC)cc(N)c1N. The van der Waals surface area contributed by atoms with Gasteiger partial charge in [-0.1, -0.05) is 0 Å². The first-order valence-corrected chi connectivity index (χ1v) is 4.26. The quantitative estimate of drug-likeness (QED) is 0.731. The molecule has 5 nitrogen and oxygen atoms in total. The second-order valence-electron chi connectivity index (χ2n) is 2.86. The van der Waals surface area contributed by atoms with E-state index in [4.69, 9.17) is 20.9 Å². The van der Waals surface area contributed by atoms with E-state index in [2.05, 4.69) is 4.98 Å². The standard InChI is InChI=1S/C9H15N3O2/c1-13-4-3-7-9(11)6(10)5-8(12-7)14-2/h5H,3-4,11H2,1-2H3,(H2,10,12). The van der Waals surface area contributed by atoms with Crippen LogP contribution in [0.25, 0.3) is 0 Å². The van der Waals surface area contributed by atoms with Crippen molar-refractivity contribution < 1.29 is 9.47 Å². The molecule has 4 N–H and O–H groups in total. The smallest absolute Gasteiger partial charge is 0.215 e. The van der Waals surface area contributed by atoms with Gasteiger partial charge in [-0.15, -0.1) is 0 Å². The number of ether oxygens (including phenoxy) is 2. The molecule has 14 heavy (non-hydrogen) atoms. The Morgan fingerprint density at radius 1 is 1.36 bits per heavy atom. The lowest BCUT2D eigenvalue weighted by atomic mass is 10.2. The van der Waals surface area contributed by atoms with E-state index in [0.29, 0.717) is 36.0 Å². The number of rotatable bonds is 4. The summed E-state index contributed by atoms with van der Waals surface area (Å²) in [7, 11) is 3.16. The summed E-state index contributed by atoms with van der Waals surface area (Å²) in [6, 6.07) is 1.60. The normalized spacial score (nSPS) is 10.1. The molecule has 78 valence electrons. The number of nitrogen functional groups attached to an aromatic ring is 2. The van der Waals surface area contributed by atoms with Gasteiger partial charge in [0.2, 0.25) is 5.88 Å². The van der Waals surface area contributed by atoms with Gasteiger partial charge in [0.05, 0.1) is 30.8 Å². The number of hydrogen-bond donors (Lipinski definition) is 2. The number of aromatic nitrogens is 1. The number of nitrogens with two attached hydrogens (primary N) is 2. The molecule has 0 bridgehead atoms. The van der Waals surface area contributed by atoms with E-state index >= 15 is 0 Å². The van der Waals surface area contributed by atoms with Crippen molar-refractivity contribution in [3.05, 3.63) is 11.8 Å². The zero-order valence-corrected chi connectivity index (χ0v) is 8.41. The van der Waals surface area contributed by atoms with Crippen LogP contribution >= 0.6 is 0 Å². The molecule has 0 radical (unpaired) electrons. The molecule has 1 heterocycles. The zero-order chi connectivity index (χ0) is 10.6. The summed E-state index contributed by atoms with van der Waals surface area (Å²) in [6.07, 6.45) is 0.629. The fraction of sp³-hybridized carbons (Fsp3) is 0.444. The van der Waals surface area contributed by atoms with Crippen LogP contribution in [-0.4, -0.2) is 25.8 Å². The molecule has 0 spiro atoms. The average molecular weight is 197 g/mol. The number of methoxy groups -OCH3 is 2. The van der Waals surface area contributed by atoms with Gasteiger partial charge >= 0.3 is 0 Å². The maximum absolute atomic E-state index is 5.75. The van der Waals surface area contributed by atoms with Crippen molar-refractivity contribution in [1.29, 1.82) is 0 Å². The molecule has 0 atom stereocenters. The van der Waals surface area contributed by atoms with Gasteiger partial charge in [-0.25, -0.2) is 4.98 Å². The second-order valence-corrected chi connectivity index (χ2v) is 2.86. The van der Waals surface area contributed by atoms with E-state index in [1.54, 1.807) is 13.2 Å². The average Bonchev–Trinajstić information content (AvgIpc) is 2.20. The van der Waals surface area contributed by atoms with Crippen molar-refractivity contribution in [3.63, 3.8) is 0 Å². The first-order valence-electron chi connectivity index (χ1n) is 4.26. The van der Waals surface area contributed by atoms with Crippen LogP contribution in [0.3, 0.4) is 0 Å². The van der Waals surface area contributed by atoms with Crippen LogP contribution in [0, 0.1) is 0 Å². The van der Waals surface area contributed by atoms with Gasteiger partial charge < -0.3 is 20.9 Å². The third-order valence-electron chi connectivity index (χ3n) is 1.90. The Labute approximate surface area is 83.0 Å². The van der Waals surface area contributed by atoms with Gasteiger partial charge in [-0.3, -0.25) is 0 Å². The predicted molar refractivity (Wildman–Crippen MR) is 55.2 cm³/mol. The van der Waals surface area contributed by atoms with E-state index in [0.717, 1.165) is 0 Å². The Morgan fingerprint density at radius 3 is 2.64 bits per heavy atom. The molecule has 0 amide bonds. The first-order chi connectivity index (χ1) is 6.69. The Bertz CT molecular complexity index is 315. The number of anilines is 2. The van der Waals surface area contributed by atoms with Crippen molar-refractivity contribution in [2.45, 2.75) is 6.42 Å². The van der Waals surface area contributed by atoms with E-state index in [1.807, 2.05) is 0 Å². The lowest BCUT2D eigenvalue weighted by molar-refractivity contribution is 0.201. The lowest BCUT2D eigenvalue weighted by Crippen LogP contribution is -2.06. The van der Waals surface area contributed by atoms with Gasteiger partial charge in [0.1, 0.15) is 0 Å². The summed E-state index contributed by atoms with van der Waals surface area (Å²) in [4.78, 5) is 4.18. The van der Waals surface area contributed by atoms with Crippen LogP contribution in [-0.2, 0) is 11.2 Å². The van der Waals surface area contributed by atoms with Crippen molar-refractivity contribution >= 4 is 11.4 Å². The molecule has 5 heteroatoms. The largest absolute Gasteiger partial charge is 0.481 e. The molecule has 0 fully saturated rings. The van der Waals surface area contributed by atoms with Gasteiger partial charge in [0, 0.05) is 19.6 Å². The van der Waals surface area contributed by atoms with Crippen molar-refractivity contribution in [2.24, 2.45) is 0 Å². The highest BCUT2D eigenvalue weighted by atomic mass is 16.5. The Kier molecular flexibility index (Phi) is 3.53. The number of pyridine rings is 1. The topological polar surface area (TPSA) is 83.4 Å². The maximum atomic E-state index is 5.75. The minimum atomic E-state index is 0.475. The summed E-state index contributed by atoms with van der Waals surface area (Å²) < 4.78 is 9.92. The highest BCUT2D eigenvalue weighted by molar-refractivity contribution is 5.66. The van der Waals surface area contributed by atoms with E-state index in [1.165, 1.54) is 7.11 Å². The maximum Gasteiger partial charge on any atom is 0.215 e. The second kappa shape index (κ2) is 4.66. The van der Waals surface area contributed by atoms with E-state index in [9.17, 15) is 0 Å². The number of hydrogen-bond acceptors (Lipinski definition) is 5. The minimum absolute atomic E-state index is 0.475. The molecule has 0 aliphatic rings. The van der Waals surface area contributed by atoms with Crippen LogP contribution in [0.15, 0.2) is 6.07 Å². The molecule has 1 aromatic rings. The third-order valence-corrected chi connectivity index (χ3v) is 1.90. The van der Waals surface area contributed by atoms with Crippen molar-refractivity contribution in [3.8, 4) is 5.88 Å². The fourth-order valence-corrected chi connectivity index (χ4v) is 1.10. The molecule has 0 saturated carbocycles. The highest BCUT2D eigenvalue weighted by Crippen LogP contribution is 2.23. The lowest BCUT2D eigenvalue weighted by Gasteiger charge is -2.09. The summed E-state index contributed by atoms with van der Waals surface area (Å²) in [5.74, 6) is 0.475. The van der Waals surface area contributed by atoms with E-state index < -0.39 is 0 Å². The number of nitrogens with zero attached hydrogens (tertiary/aromatic N) is 1. The fourth-order valence-electron chi connectivity index (χ4n) is 1.10. The molecular weight excluding hydrogens is 182 g/mol. The molecule has 0 aromatic carbocycles. The summed E-state index contributed by atoms with van der Waals surface area (Å²) in [5, 5.41) is 0. The van der Waals surface area contributed by atoms with Gasteiger partial charge in [-0.05, 0) is 0 Å². The molecule has 0 aliphatic carbocycles. The predicted octanol–water partition coefficient (Wildman–Crippen LogP) is 0.444. The minimum Gasteiger partial charge on any atom is -0.481 e. The summed E-state index contributed by atoms with van der Waals surface area (Å²) >= 11 is 0. The van der Waals surface area contributed by atoms with Crippen LogP contribution < -0.4 is 16.2 Å². The first kappa shape index (κ1) is 10.6. The third kappa shape index (κ3) is 2.26. The monoisotopic (exact) mass is 197 g/mol. The van der Waals surface area contributed by atoms with Crippen LogP contribution in [0.1, 0.15) is 5.69 Å². The molecule has 1 aromatic heterocycles. The van der Waals surface area contributed by atoms with Gasteiger partial charge in [-0.2, -0.15) is 0 Å². The van der Waals surface area contributed by atoms with E-state index in [-0.39, 0.29) is 0 Å². The highest BCUT2D eigenvalue weighted by Gasteiger charge is 2.07. The molecular formula is C9H15N3O2.